The molecule has 2 aliphatic heterocycles. The second kappa shape index (κ2) is 9.04. The molecule has 0 spiro atoms. The fraction of sp³-hybridized carbons (Fsp3) is 0.632. The lowest BCUT2D eigenvalue weighted by Crippen LogP contribution is -2.41. The van der Waals surface area contributed by atoms with E-state index in [0.717, 1.165) is 52.0 Å². The number of carbonyl (C=O) groups excluding carboxylic acids is 1. The number of nitrogens with one attached hydrogen (secondary N) is 2. The number of carbonyl (C=O) groups is 1. The van der Waals surface area contributed by atoms with Gasteiger partial charge in [-0.25, -0.2) is 4.79 Å². The maximum Gasteiger partial charge on any atom is 0.314 e. The molecule has 132 valence electrons. The van der Waals surface area contributed by atoms with Crippen molar-refractivity contribution in [1.82, 2.24) is 15.5 Å². The number of urea groups is 1. The first-order valence-electron chi connectivity index (χ1n) is 9.19. The van der Waals surface area contributed by atoms with Crippen molar-refractivity contribution < 1.29 is 9.53 Å². The van der Waals surface area contributed by atoms with Gasteiger partial charge in [-0.05, 0) is 43.7 Å². The summed E-state index contributed by atoms with van der Waals surface area (Å²) in [5.41, 5.74) is 1.40. The van der Waals surface area contributed by atoms with Crippen molar-refractivity contribution in [1.29, 1.82) is 0 Å². The van der Waals surface area contributed by atoms with Crippen LogP contribution in [0.2, 0.25) is 0 Å². The van der Waals surface area contributed by atoms with Gasteiger partial charge in [0.25, 0.3) is 0 Å². The van der Waals surface area contributed by atoms with Crippen molar-refractivity contribution >= 4 is 6.03 Å². The van der Waals surface area contributed by atoms with Crippen molar-refractivity contribution in [2.45, 2.75) is 31.8 Å². The van der Waals surface area contributed by atoms with Gasteiger partial charge in [0.2, 0.25) is 0 Å². The maximum atomic E-state index is 11.9. The number of hydrogen-bond donors (Lipinski definition) is 2. The molecule has 2 fully saturated rings. The van der Waals surface area contributed by atoms with Crippen LogP contribution in [0, 0.1) is 5.92 Å². The van der Waals surface area contributed by atoms with Crippen LogP contribution >= 0.6 is 0 Å². The molecule has 5 heteroatoms. The van der Waals surface area contributed by atoms with E-state index in [1.54, 1.807) is 0 Å². The molecule has 0 radical (unpaired) electrons. The van der Waals surface area contributed by atoms with Gasteiger partial charge in [-0.2, -0.15) is 0 Å². The number of likely N-dealkylation sites (tertiary alicyclic amines) is 1. The van der Waals surface area contributed by atoms with Gasteiger partial charge in [0.05, 0.1) is 6.10 Å². The summed E-state index contributed by atoms with van der Waals surface area (Å²) in [6, 6.07) is 10.6. The largest absolute Gasteiger partial charge is 0.376 e. The fourth-order valence-electron chi connectivity index (χ4n) is 3.53. The molecule has 3 rings (SSSR count). The monoisotopic (exact) mass is 331 g/mol. The molecule has 2 N–H and O–H groups in total. The molecular weight excluding hydrogens is 302 g/mol. The van der Waals surface area contributed by atoms with Crippen LogP contribution in [0.4, 0.5) is 4.79 Å². The van der Waals surface area contributed by atoms with Gasteiger partial charge in [-0.3, -0.25) is 0 Å². The van der Waals surface area contributed by atoms with E-state index in [4.69, 9.17) is 4.74 Å². The number of rotatable bonds is 7. The van der Waals surface area contributed by atoms with E-state index in [0.29, 0.717) is 12.5 Å². The topological polar surface area (TPSA) is 53.6 Å². The molecule has 0 aliphatic carbocycles. The summed E-state index contributed by atoms with van der Waals surface area (Å²) in [6.07, 6.45) is 4.63. The maximum absolute atomic E-state index is 11.9. The summed E-state index contributed by atoms with van der Waals surface area (Å²) >= 11 is 0. The normalized spacial score (nSPS) is 24.2. The highest BCUT2D eigenvalue weighted by atomic mass is 16.5. The van der Waals surface area contributed by atoms with Gasteiger partial charge in [0.15, 0.2) is 0 Å². The third-order valence-electron chi connectivity index (χ3n) is 5.00. The molecule has 2 saturated heterocycles. The van der Waals surface area contributed by atoms with Crippen LogP contribution in [-0.4, -0.2) is 56.4 Å². The van der Waals surface area contributed by atoms with E-state index in [2.05, 4.69) is 45.9 Å². The van der Waals surface area contributed by atoms with Crippen LogP contribution < -0.4 is 10.6 Å². The van der Waals surface area contributed by atoms with Gasteiger partial charge in [-0.15, -0.1) is 0 Å². The summed E-state index contributed by atoms with van der Waals surface area (Å²) in [6.45, 7) is 5.54. The highest BCUT2D eigenvalue weighted by Crippen LogP contribution is 2.16. The van der Waals surface area contributed by atoms with Crippen molar-refractivity contribution in [3.8, 4) is 0 Å². The lowest BCUT2D eigenvalue weighted by molar-refractivity contribution is 0.111. The van der Waals surface area contributed by atoms with E-state index in [1.807, 2.05) is 0 Å². The molecule has 24 heavy (non-hydrogen) atoms. The van der Waals surface area contributed by atoms with E-state index in [-0.39, 0.29) is 12.1 Å². The molecule has 0 aromatic heterocycles. The Morgan fingerprint density at radius 1 is 1.17 bits per heavy atom. The third kappa shape index (κ3) is 5.49. The van der Waals surface area contributed by atoms with Crippen LogP contribution in [0.25, 0.3) is 0 Å². The Bertz CT molecular complexity index is 503. The summed E-state index contributed by atoms with van der Waals surface area (Å²) in [7, 11) is 0. The molecule has 1 aromatic carbocycles. The minimum absolute atomic E-state index is 0.0618. The van der Waals surface area contributed by atoms with Crippen LogP contribution in [0.5, 0.6) is 0 Å². The van der Waals surface area contributed by atoms with Crippen LogP contribution in [0.3, 0.4) is 0 Å². The van der Waals surface area contributed by atoms with Crippen LogP contribution in [0.15, 0.2) is 30.3 Å². The van der Waals surface area contributed by atoms with Gasteiger partial charge >= 0.3 is 6.03 Å². The SMILES string of the molecule is O=C(NC[C@H]1CCN(CCc2ccccc2)C1)NC[C@@H]1CCCO1. The lowest BCUT2D eigenvalue weighted by atomic mass is 10.1. The first kappa shape index (κ1) is 17.2. The Morgan fingerprint density at radius 3 is 2.79 bits per heavy atom. The number of hydrogen-bond acceptors (Lipinski definition) is 3. The summed E-state index contributed by atoms with van der Waals surface area (Å²) in [4.78, 5) is 14.4. The van der Waals surface area contributed by atoms with Crippen molar-refractivity contribution in [3.05, 3.63) is 35.9 Å². The number of nitrogens with zero attached hydrogens (tertiary/aromatic N) is 1. The van der Waals surface area contributed by atoms with E-state index in [1.165, 1.54) is 12.0 Å². The Hall–Kier alpha value is -1.59. The molecule has 5 nitrogen and oxygen atoms in total. The van der Waals surface area contributed by atoms with Crippen LogP contribution in [0.1, 0.15) is 24.8 Å². The van der Waals surface area contributed by atoms with E-state index >= 15 is 0 Å². The zero-order valence-corrected chi connectivity index (χ0v) is 14.4. The van der Waals surface area contributed by atoms with Gasteiger partial charge in [0, 0.05) is 32.8 Å². The van der Waals surface area contributed by atoms with Crippen molar-refractivity contribution in [2.75, 3.05) is 39.3 Å². The Labute approximate surface area is 144 Å². The molecule has 2 heterocycles. The first-order valence-corrected chi connectivity index (χ1v) is 9.19. The third-order valence-corrected chi connectivity index (χ3v) is 5.00. The van der Waals surface area contributed by atoms with Crippen molar-refractivity contribution in [3.63, 3.8) is 0 Å². The number of benzene rings is 1. The zero-order chi connectivity index (χ0) is 16.6. The lowest BCUT2D eigenvalue weighted by Gasteiger charge is -2.17. The molecule has 2 amide bonds. The molecular formula is C19H29N3O2. The standard InChI is InChI=1S/C19H29N3O2/c23-19(21-14-18-7-4-12-24-18)20-13-17-9-11-22(15-17)10-8-16-5-2-1-3-6-16/h1-3,5-6,17-18H,4,7-15H2,(H2,20,21,23)/t17-,18+/m1/s1. The predicted octanol–water partition coefficient (Wildman–Crippen LogP) is 2.03. The van der Waals surface area contributed by atoms with Gasteiger partial charge < -0.3 is 20.3 Å². The first-order chi connectivity index (χ1) is 11.8. The highest BCUT2D eigenvalue weighted by molar-refractivity contribution is 5.73. The summed E-state index contributed by atoms with van der Waals surface area (Å²) in [5, 5.41) is 5.93. The molecule has 0 bridgehead atoms. The average Bonchev–Trinajstić information content (AvgIpc) is 3.29. The second-order valence-corrected chi connectivity index (χ2v) is 6.92. The molecule has 0 unspecified atom stereocenters. The number of amides is 2. The Balaban J connectivity index is 1.27. The highest BCUT2D eigenvalue weighted by Gasteiger charge is 2.22. The molecule has 0 saturated carbocycles. The quantitative estimate of drug-likeness (QED) is 0.804. The minimum atomic E-state index is -0.0618. The molecule has 1 aromatic rings. The average molecular weight is 331 g/mol. The van der Waals surface area contributed by atoms with Gasteiger partial charge in [-0.1, -0.05) is 30.3 Å². The van der Waals surface area contributed by atoms with Crippen LogP contribution in [-0.2, 0) is 11.2 Å². The Kier molecular flexibility index (Phi) is 6.49. The minimum Gasteiger partial charge on any atom is -0.376 e. The van der Waals surface area contributed by atoms with E-state index < -0.39 is 0 Å². The fourth-order valence-corrected chi connectivity index (χ4v) is 3.53. The van der Waals surface area contributed by atoms with E-state index in [9.17, 15) is 4.79 Å². The Morgan fingerprint density at radius 2 is 2.00 bits per heavy atom. The summed E-state index contributed by atoms with van der Waals surface area (Å²) in [5.74, 6) is 0.564. The molecule has 2 atom stereocenters. The van der Waals surface area contributed by atoms with Crippen molar-refractivity contribution in [2.24, 2.45) is 5.92 Å². The number of ether oxygens (including phenoxy) is 1. The molecule has 2 aliphatic rings. The summed E-state index contributed by atoms with van der Waals surface area (Å²) < 4.78 is 5.51. The predicted molar refractivity (Wildman–Crippen MR) is 95.1 cm³/mol. The zero-order valence-electron chi connectivity index (χ0n) is 14.4. The second-order valence-electron chi connectivity index (χ2n) is 6.92. The van der Waals surface area contributed by atoms with Gasteiger partial charge in [0.1, 0.15) is 0 Å². The smallest absolute Gasteiger partial charge is 0.314 e.